The third kappa shape index (κ3) is 4.20. The molecule has 3 rings (SSSR count). The van der Waals surface area contributed by atoms with E-state index in [4.69, 9.17) is 0 Å². The molecule has 0 aliphatic carbocycles. The maximum Gasteiger partial charge on any atom is 0.267 e. The van der Waals surface area contributed by atoms with Crippen LogP contribution in [0.2, 0.25) is 0 Å². The van der Waals surface area contributed by atoms with Crippen molar-refractivity contribution in [3.8, 4) is 11.3 Å². The summed E-state index contributed by atoms with van der Waals surface area (Å²) in [5.74, 6) is -0.163. The number of benzene rings is 2. The van der Waals surface area contributed by atoms with E-state index < -0.39 is 0 Å². The smallest absolute Gasteiger partial charge is 0.267 e. The molecule has 3 aromatic rings. The summed E-state index contributed by atoms with van der Waals surface area (Å²) in [5.41, 5.74) is 2.32. The number of nitrogens with zero attached hydrogens (tertiary/aromatic N) is 3. The number of hydrogen-bond acceptors (Lipinski definition) is 3. The van der Waals surface area contributed by atoms with E-state index in [1.165, 1.54) is 10.7 Å². The van der Waals surface area contributed by atoms with E-state index in [0.717, 1.165) is 11.1 Å². The average Bonchev–Trinajstić information content (AvgIpc) is 2.65. The molecule has 0 atom stereocenters. The highest BCUT2D eigenvalue weighted by Gasteiger charge is 2.12. The first-order valence-electron chi connectivity index (χ1n) is 8.05. The SMILES string of the molecule is CN(Cc1ccccc1)C(=O)Cn1nc(-c2ccccc2)ccc1=O. The maximum atomic E-state index is 12.4. The van der Waals surface area contributed by atoms with E-state index in [9.17, 15) is 9.59 Å². The highest BCUT2D eigenvalue weighted by molar-refractivity contribution is 5.75. The molecular weight excluding hydrogens is 314 g/mol. The molecule has 0 spiro atoms. The summed E-state index contributed by atoms with van der Waals surface area (Å²) in [6, 6.07) is 22.4. The van der Waals surface area contributed by atoms with Crippen molar-refractivity contribution < 1.29 is 4.79 Å². The Hall–Kier alpha value is -3.21. The first-order chi connectivity index (χ1) is 12.1. The maximum absolute atomic E-state index is 12.4. The van der Waals surface area contributed by atoms with Gasteiger partial charge < -0.3 is 4.90 Å². The molecule has 0 fully saturated rings. The summed E-state index contributed by atoms with van der Waals surface area (Å²) in [7, 11) is 1.72. The van der Waals surface area contributed by atoms with E-state index >= 15 is 0 Å². The summed E-state index contributed by atoms with van der Waals surface area (Å²) in [6.07, 6.45) is 0. The van der Waals surface area contributed by atoms with Gasteiger partial charge in [0.15, 0.2) is 0 Å². The molecule has 2 aromatic carbocycles. The fourth-order valence-corrected chi connectivity index (χ4v) is 2.52. The third-order valence-electron chi connectivity index (χ3n) is 3.91. The quantitative estimate of drug-likeness (QED) is 0.721. The second-order valence-electron chi connectivity index (χ2n) is 5.82. The van der Waals surface area contributed by atoms with E-state index in [-0.39, 0.29) is 18.0 Å². The number of carbonyl (C=O) groups is 1. The first kappa shape index (κ1) is 16.6. The molecule has 5 nitrogen and oxygen atoms in total. The van der Waals surface area contributed by atoms with Crippen LogP contribution in [0.1, 0.15) is 5.56 Å². The Morgan fingerprint density at radius 1 is 0.960 bits per heavy atom. The minimum absolute atomic E-state index is 0.0805. The zero-order valence-electron chi connectivity index (χ0n) is 14.0. The van der Waals surface area contributed by atoms with E-state index in [1.54, 1.807) is 18.0 Å². The molecule has 1 heterocycles. The predicted molar refractivity (Wildman–Crippen MR) is 96.8 cm³/mol. The van der Waals surface area contributed by atoms with Crippen molar-refractivity contribution in [3.05, 3.63) is 88.7 Å². The van der Waals surface area contributed by atoms with Crippen LogP contribution in [-0.4, -0.2) is 27.6 Å². The first-order valence-corrected chi connectivity index (χ1v) is 8.05. The normalized spacial score (nSPS) is 10.4. The van der Waals surface area contributed by atoms with Gasteiger partial charge >= 0.3 is 0 Å². The lowest BCUT2D eigenvalue weighted by Crippen LogP contribution is -2.34. The molecule has 126 valence electrons. The van der Waals surface area contributed by atoms with Crippen molar-refractivity contribution in [2.24, 2.45) is 0 Å². The van der Waals surface area contributed by atoms with Gasteiger partial charge in [0.25, 0.3) is 5.56 Å². The van der Waals surface area contributed by atoms with Crippen molar-refractivity contribution >= 4 is 5.91 Å². The Labute approximate surface area is 146 Å². The predicted octanol–water partition coefficient (Wildman–Crippen LogP) is 2.57. The molecule has 0 aliphatic rings. The molecule has 0 N–H and O–H groups in total. The van der Waals surface area contributed by atoms with Crippen LogP contribution >= 0.6 is 0 Å². The largest absolute Gasteiger partial charge is 0.340 e. The van der Waals surface area contributed by atoms with Gasteiger partial charge in [-0.05, 0) is 11.6 Å². The molecule has 5 heteroatoms. The molecule has 1 aromatic heterocycles. The van der Waals surface area contributed by atoms with Gasteiger partial charge in [-0.1, -0.05) is 60.7 Å². The van der Waals surface area contributed by atoms with E-state index in [2.05, 4.69) is 5.10 Å². The highest BCUT2D eigenvalue weighted by Crippen LogP contribution is 2.14. The Balaban J connectivity index is 1.75. The average molecular weight is 333 g/mol. The lowest BCUT2D eigenvalue weighted by molar-refractivity contribution is -0.131. The van der Waals surface area contributed by atoms with Crippen LogP contribution < -0.4 is 5.56 Å². The van der Waals surface area contributed by atoms with Crippen LogP contribution in [0.5, 0.6) is 0 Å². The van der Waals surface area contributed by atoms with Crippen molar-refractivity contribution in [2.45, 2.75) is 13.1 Å². The lowest BCUT2D eigenvalue weighted by atomic mass is 10.1. The van der Waals surface area contributed by atoms with Gasteiger partial charge in [-0.25, -0.2) is 4.68 Å². The zero-order chi connectivity index (χ0) is 17.6. The topological polar surface area (TPSA) is 55.2 Å². The van der Waals surface area contributed by atoms with Gasteiger partial charge in [0.2, 0.25) is 5.91 Å². The fraction of sp³-hybridized carbons (Fsp3) is 0.150. The van der Waals surface area contributed by atoms with Crippen LogP contribution in [0.25, 0.3) is 11.3 Å². The van der Waals surface area contributed by atoms with Crippen LogP contribution in [0.4, 0.5) is 0 Å². The van der Waals surface area contributed by atoms with Crippen LogP contribution in [0.15, 0.2) is 77.6 Å². The minimum Gasteiger partial charge on any atom is -0.340 e. The lowest BCUT2D eigenvalue weighted by Gasteiger charge is -2.17. The van der Waals surface area contributed by atoms with Crippen LogP contribution in [-0.2, 0) is 17.9 Å². The molecule has 25 heavy (non-hydrogen) atoms. The van der Waals surface area contributed by atoms with Gasteiger partial charge in [-0.2, -0.15) is 5.10 Å². The van der Waals surface area contributed by atoms with Crippen molar-refractivity contribution in [3.63, 3.8) is 0 Å². The molecule has 0 saturated heterocycles. The Morgan fingerprint density at radius 2 is 1.60 bits per heavy atom. The molecule has 0 saturated carbocycles. The summed E-state index contributed by atoms with van der Waals surface area (Å²) in [5, 5.41) is 4.33. The third-order valence-corrected chi connectivity index (χ3v) is 3.91. The summed E-state index contributed by atoms with van der Waals surface area (Å²) in [4.78, 5) is 26.1. The van der Waals surface area contributed by atoms with Crippen molar-refractivity contribution in [1.29, 1.82) is 0 Å². The number of carbonyl (C=O) groups excluding carboxylic acids is 1. The molecule has 0 bridgehead atoms. The molecular formula is C20H19N3O2. The Morgan fingerprint density at radius 3 is 2.28 bits per heavy atom. The van der Waals surface area contributed by atoms with Crippen LogP contribution in [0.3, 0.4) is 0 Å². The number of aromatic nitrogens is 2. The van der Waals surface area contributed by atoms with Crippen molar-refractivity contribution in [2.75, 3.05) is 7.05 Å². The zero-order valence-corrected chi connectivity index (χ0v) is 14.0. The molecule has 0 unspecified atom stereocenters. The Kier molecular flexibility index (Phi) is 5.04. The number of amides is 1. The van der Waals surface area contributed by atoms with Gasteiger partial charge in [0.1, 0.15) is 6.54 Å². The summed E-state index contributed by atoms with van der Waals surface area (Å²) >= 11 is 0. The summed E-state index contributed by atoms with van der Waals surface area (Å²) in [6.45, 7) is 0.412. The van der Waals surface area contributed by atoms with Gasteiger partial charge in [-0.3, -0.25) is 9.59 Å². The Bertz CT molecular complexity index is 905. The molecule has 1 amide bonds. The second kappa shape index (κ2) is 7.57. The second-order valence-corrected chi connectivity index (χ2v) is 5.82. The van der Waals surface area contributed by atoms with Gasteiger partial charge in [0, 0.05) is 25.2 Å². The van der Waals surface area contributed by atoms with Gasteiger partial charge in [0.05, 0.1) is 5.69 Å². The monoisotopic (exact) mass is 333 g/mol. The van der Waals surface area contributed by atoms with E-state index in [1.807, 2.05) is 60.7 Å². The number of rotatable bonds is 5. The standard InChI is InChI=1S/C20H19N3O2/c1-22(14-16-8-4-2-5-9-16)20(25)15-23-19(24)13-12-18(21-23)17-10-6-3-7-11-17/h2-13H,14-15H2,1H3. The van der Waals surface area contributed by atoms with Crippen molar-refractivity contribution in [1.82, 2.24) is 14.7 Å². The molecule has 0 radical (unpaired) electrons. The van der Waals surface area contributed by atoms with Gasteiger partial charge in [-0.15, -0.1) is 0 Å². The van der Waals surface area contributed by atoms with Crippen LogP contribution in [0, 0.1) is 0 Å². The summed E-state index contributed by atoms with van der Waals surface area (Å²) < 4.78 is 1.21. The number of likely N-dealkylation sites (N-methyl/N-ethyl adjacent to an activating group) is 1. The highest BCUT2D eigenvalue weighted by atomic mass is 16.2. The fourth-order valence-electron chi connectivity index (χ4n) is 2.52. The number of hydrogen-bond donors (Lipinski definition) is 0. The van der Waals surface area contributed by atoms with E-state index in [0.29, 0.717) is 12.2 Å². The molecule has 0 aliphatic heterocycles. The minimum atomic E-state index is -0.291.